The molecule has 1 aliphatic carbocycles. The van der Waals surface area contributed by atoms with Crippen LogP contribution in [0.25, 0.3) is 0 Å². The molecule has 1 saturated carbocycles. The molecule has 82 valence electrons. The van der Waals surface area contributed by atoms with Crippen LogP contribution in [0.4, 0.5) is 0 Å². The van der Waals surface area contributed by atoms with Crippen molar-refractivity contribution in [2.24, 2.45) is 11.8 Å². The van der Waals surface area contributed by atoms with Crippen LogP contribution >= 0.6 is 0 Å². The highest BCUT2D eigenvalue weighted by Crippen LogP contribution is 2.28. The Morgan fingerprint density at radius 1 is 1.21 bits per heavy atom. The van der Waals surface area contributed by atoms with Crippen LogP contribution < -0.4 is 0 Å². The van der Waals surface area contributed by atoms with E-state index in [2.05, 4.69) is 11.8 Å². The van der Waals surface area contributed by atoms with Crippen LogP contribution in [0.3, 0.4) is 0 Å². The Bertz CT molecular complexity index is 177. The Balaban J connectivity index is 1.69. The lowest BCUT2D eigenvalue weighted by Gasteiger charge is -2.42. The molecule has 2 unspecified atom stereocenters. The number of hydrogen-bond donors (Lipinski definition) is 1. The minimum Gasteiger partial charge on any atom is -0.393 e. The smallest absolute Gasteiger partial charge is 0.0580 e. The molecule has 0 aromatic carbocycles. The van der Waals surface area contributed by atoms with Crippen molar-refractivity contribution in [3.63, 3.8) is 0 Å². The van der Waals surface area contributed by atoms with E-state index in [1.165, 1.54) is 38.8 Å². The molecule has 14 heavy (non-hydrogen) atoms. The normalized spacial score (nSPS) is 35.6. The summed E-state index contributed by atoms with van der Waals surface area (Å²) in [6, 6.07) is 0. The molecule has 0 spiro atoms. The first-order chi connectivity index (χ1) is 6.79. The van der Waals surface area contributed by atoms with Gasteiger partial charge in [0.1, 0.15) is 0 Å². The van der Waals surface area contributed by atoms with Crippen LogP contribution in [0.2, 0.25) is 0 Å². The van der Waals surface area contributed by atoms with Crippen molar-refractivity contribution in [3.8, 4) is 0 Å². The van der Waals surface area contributed by atoms with E-state index in [-0.39, 0.29) is 6.10 Å². The van der Waals surface area contributed by atoms with Gasteiger partial charge >= 0.3 is 0 Å². The molecular weight excluding hydrogens is 174 g/mol. The lowest BCUT2D eigenvalue weighted by atomic mass is 9.84. The topological polar surface area (TPSA) is 23.5 Å². The predicted molar refractivity (Wildman–Crippen MR) is 58.2 cm³/mol. The first kappa shape index (κ1) is 10.4. The van der Waals surface area contributed by atoms with Crippen LogP contribution in [0.15, 0.2) is 0 Å². The van der Waals surface area contributed by atoms with Crippen molar-refractivity contribution in [2.45, 2.75) is 45.1 Å². The predicted octanol–water partition coefficient (Wildman–Crippen LogP) is 1.88. The van der Waals surface area contributed by atoms with Gasteiger partial charge in [0.2, 0.25) is 0 Å². The van der Waals surface area contributed by atoms with E-state index in [0.717, 1.165) is 18.9 Å². The van der Waals surface area contributed by atoms with Gasteiger partial charge in [0.15, 0.2) is 0 Å². The average Bonchev–Trinajstić information content (AvgIpc) is 2.13. The molecule has 2 nitrogen and oxygen atoms in total. The van der Waals surface area contributed by atoms with Gasteiger partial charge in [-0.25, -0.2) is 0 Å². The molecule has 0 bridgehead atoms. The molecular formula is C12H23NO. The van der Waals surface area contributed by atoms with Crippen molar-refractivity contribution >= 4 is 0 Å². The van der Waals surface area contributed by atoms with E-state index in [9.17, 15) is 5.11 Å². The average molecular weight is 197 g/mol. The highest BCUT2D eigenvalue weighted by atomic mass is 16.3. The number of aliphatic hydroxyl groups excluding tert-OH is 1. The van der Waals surface area contributed by atoms with Crippen molar-refractivity contribution < 1.29 is 5.11 Å². The second kappa shape index (κ2) is 4.63. The summed E-state index contributed by atoms with van der Waals surface area (Å²) >= 11 is 0. The number of rotatable bonds is 3. The third kappa shape index (κ3) is 2.29. The lowest BCUT2D eigenvalue weighted by Crippen LogP contribution is -2.50. The fourth-order valence-corrected chi connectivity index (χ4v) is 2.82. The first-order valence-electron chi connectivity index (χ1n) is 6.20. The van der Waals surface area contributed by atoms with Gasteiger partial charge in [-0.3, -0.25) is 0 Å². The standard InChI is InChI=1S/C12H23NO/c1-2-10-7-13(8-10)9-11-5-3-4-6-12(11)14/h10-12,14H,2-9H2,1H3. The minimum atomic E-state index is -0.00979. The van der Waals surface area contributed by atoms with E-state index in [1.54, 1.807) is 0 Å². The zero-order chi connectivity index (χ0) is 9.97. The van der Waals surface area contributed by atoms with Crippen LogP contribution in [0.5, 0.6) is 0 Å². The molecule has 2 rings (SSSR count). The zero-order valence-corrected chi connectivity index (χ0v) is 9.28. The van der Waals surface area contributed by atoms with Gasteiger partial charge in [-0.2, -0.15) is 0 Å². The number of hydrogen-bond acceptors (Lipinski definition) is 2. The van der Waals surface area contributed by atoms with E-state index >= 15 is 0 Å². The molecule has 2 fully saturated rings. The van der Waals surface area contributed by atoms with Crippen LogP contribution in [-0.4, -0.2) is 35.7 Å². The summed E-state index contributed by atoms with van der Waals surface area (Å²) in [5.41, 5.74) is 0. The second-order valence-corrected chi connectivity index (χ2v) is 5.10. The summed E-state index contributed by atoms with van der Waals surface area (Å²) in [5.74, 6) is 1.51. The Labute approximate surface area is 87.3 Å². The fourth-order valence-electron chi connectivity index (χ4n) is 2.82. The SMILES string of the molecule is CCC1CN(CC2CCCCC2O)C1. The quantitative estimate of drug-likeness (QED) is 0.746. The Morgan fingerprint density at radius 3 is 2.57 bits per heavy atom. The summed E-state index contributed by atoms with van der Waals surface area (Å²) in [6.07, 6.45) is 6.15. The number of aliphatic hydroxyl groups is 1. The highest BCUT2D eigenvalue weighted by molar-refractivity contribution is 4.84. The largest absolute Gasteiger partial charge is 0.393 e. The molecule has 2 heteroatoms. The molecule has 0 radical (unpaired) electrons. The second-order valence-electron chi connectivity index (χ2n) is 5.10. The van der Waals surface area contributed by atoms with Gasteiger partial charge in [-0.15, -0.1) is 0 Å². The summed E-state index contributed by atoms with van der Waals surface area (Å²) in [6.45, 7) is 5.98. The lowest BCUT2D eigenvalue weighted by molar-refractivity contribution is 0.0117. The van der Waals surface area contributed by atoms with Crippen LogP contribution in [0, 0.1) is 11.8 Å². The van der Waals surface area contributed by atoms with Crippen LogP contribution in [0.1, 0.15) is 39.0 Å². The molecule has 1 aliphatic heterocycles. The molecule has 0 aromatic heterocycles. The molecule has 1 heterocycles. The summed E-state index contributed by atoms with van der Waals surface area (Å²) in [4.78, 5) is 2.52. The summed E-state index contributed by atoms with van der Waals surface area (Å²) in [5, 5.41) is 9.83. The zero-order valence-electron chi connectivity index (χ0n) is 9.28. The van der Waals surface area contributed by atoms with E-state index in [4.69, 9.17) is 0 Å². The fraction of sp³-hybridized carbons (Fsp3) is 1.00. The van der Waals surface area contributed by atoms with E-state index in [1.807, 2.05) is 0 Å². The van der Waals surface area contributed by atoms with Gasteiger partial charge in [0.25, 0.3) is 0 Å². The van der Waals surface area contributed by atoms with Gasteiger partial charge in [0.05, 0.1) is 6.10 Å². The molecule has 1 saturated heterocycles. The number of likely N-dealkylation sites (tertiary alicyclic amines) is 1. The first-order valence-corrected chi connectivity index (χ1v) is 6.20. The molecule has 0 aromatic rings. The third-order valence-electron chi connectivity index (χ3n) is 3.97. The minimum absolute atomic E-state index is 0.00979. The molecule has 1 N–H and O–H groups in total. The Hall–Kier alpha value is -0.0800. The maximum Gasteiger partial charge on any atom is 0.0580 e. The summed E-state index contributed by atoms with van der Waals surface area (Å²) in [7, 11) is 0. The Morgan fingerprint density at radius 2 is 1.93 bits per heavy atom. The van der Waals surface area contributed by atoms with E-state index < -0.39 is 0 Å². The third-order valence-corrected chi connectivity index (χ3v) is 3.97. The van der Waals surface area contributed by atoms with Gasteiger partial charge < -0.3 is 10.0 Å². The molecule has 2 aliphatic rings. The van der Waals surface area contributed by atoms with E-state index in [0.29, 0.717) is 5.92 Å². The molecule has 0 amide bonds. The summed E-state index contributed by atoms with van der Waals surface area (Å²) < 4.78 is 0. The number of nitrogens with zero attached hydrogens (tertiary/aromatic N) is 1. The van der Waals surface area contributed by atoms with Gasteiger partial charge in [-0.1, -0.05) is 26.2 Å². The van der Waals surface area contributed by atoms with Crippen LogP contribution in [-0.2, 0) is 0 Å². The highest BCUT2D eigenvalue weighted by Gasteiger charge is 2.30. The van der Waals surface area contributed by atoms with Crippen molar-refractivity contribution in [1.29, 1.82) is 0 Å². The van der Waals surface area contributed by atoms with Gasteiger partial charge in [0, 0.05) is 19.6 Å². The Kier molecular flexibility index (Phi) is 3.45. The van der Waals surface area contributed by atoms with Crippen molar-refractivity contribution in [1.82, 2.24) is 4.90 Å². The maximum absolute atomic E-state index is 9.83. The monoisotopic (exact) mass is 197 g/mol. The molecule has 2 atom stereocenters. The van der Waals surface area contributed by atoms with Gasteiger partial charge in [-0.05, 0) is 24.7 Å². The van der Waals surface area contributed by atoms with Crippen molar-refractivity contribution in [2.75, 3.05) is 19.6 Å². The maximum atomic E-state index is 9.83. The van der Waals surface area contributed by atoms with Crippen molar-refractivity contribution in [3.05, 3.63) is 0 Å².